The van der Waals surface area contributed by atoms with Gasteiger partial charge >= 0.3 is 0 Å². The molecule has 0 aromatic heterocycles. The van der Waals surface area contributed by atoms with Crippen molar-refractivity contribution in [2.45, 2.75) is 19.3 Å². The van der Waals surface area contributed by atoms with Crippen LogP contribution in [0.4, 0.5) is 0 Å². The van der Waals surface area contributed by atoms with Crippen molar-refractivity contribution in [2.75, 3.05) is 0 Å². The SMILES string of the molecule is CC1(C)c2ccccc2-c2c(-c3c4ccccc4c(-c4ccc(C=C(c5ccccc5)c5ccccc5)cc4)c4ccc(-c5ccccc5)cc34)cccc21. The molecule has 0 atom stereocenters. The third kappa shape index (κ3) is 5.53. The van der Waals surface area contributed by atoms with Gasteiger partial charge in [0, 0.05) is 5.41 Å². The Morgan fingerprint density at radius 2 is 0.891 bits per heavy atom. The molecule has 0 spiro atoms. The van der Waals surface area contributed by atoms with Crippen molar-refractivity contribution in [1.82, 2.24) is 0 Å². The van der Waals surface area contributed by atoms with E-state index in [9.17, 15) is 0 Å². The molecule has 0 saturated carbocycles. The summed E-state index contributed by atoms with van der Waals surface area (Å²) in [5, 5.41) is 5.06. The number of fused-ring (bicyclic) bond motifs is 5. The number of hydrogen-bond acceptors (Lipinski definition) is 0. The van der Waals surface area contributed by atoms with Gasteiger partial charge in [0.25, 0.3) is 0 Å². The molecule has 0 amide bonds. The Labute approximate surface area is 323 Å². The smallest absolute Gasteiger partial charge is 0.0159 e. The average molecular weight is 701 g/mol. The molecule has 0 heteroatoms. The van der Waals surface area contributed by atoms with Crippen LogP contribution in [0.15, 0.2) is 200 Å². The fourth-order valence-electron chi connectivity index (χ4n) is 9.03. The first-order chi connectivity index (χ1) is 27.1. The highest BCUT2D eigenvalue weighted by Gasteiger charge is 2.37. The minimum Gasteiger partial charge on any atom is -0.0622 e. The first-order valence-corrected chi connectivity index (χ1v) is 19.3. The molecule has 1 aliphatic carbocycles. The van der Waals surface area contributed by atoms with E-state index in [1.165, 1.54) is 99.4 Å². The maximum Gasteiger partial charge on any atom is 0.0159 e. The van der Waals surface area contributed by atoms with Gasteiger partial charge in [-0.1, -0.05) is 208 Å². The van der Waals surface area contributed by atoms with Gasteiger partial charge in [-0.3, -0.25) is 0 Å². The molecule has 0 N–H and O–H groups in total. The summed E-state index contributed by atoms with van der Waals surface area (Å²) in [6.07, 6.45) is 2.31. The molecule has 0 heterocycles. The van der Waals surface area contributed by atoms with Crippen molar-refractivity contribution in [1.29, 1.82) is 0 Å². The van der Waals surface area contributed by atoms with Crippen LogP contribution < -0.4 is 0 Å². The molecule has 0 fully saturated rings. The zero-order chi connectivity index (χ0) is 36.9. The van der Waals surface area contributed by atoms with Crippen LogP contribution in [0.25, 0.3) is 77.7 Å². The van der Waals surface area contributed by atoms with Gasteiger partial charge in [-0.05, 0) is 112 Å². The van der Waals surface area contributed by atoms with Crippen molar-refractivity contribution < 1.29 is 0 Å². The van der Waals surface area contributed by atoms with Gasteiger partial charge in [0.2, 0.25) is 0 Å². The fraction of sp³-hybridized carbons (Fsp3) is 0.0545. The highest BCUT2D eigenvalue weighted by molar-refractivity contribution is 6.23. The zero-order valence-electron chi connectivity index (χ0n) is 31.1. The van der Waals surface area contributed by atoms with Gasteiger partial charge in [0.15, 0.2) is 0 Å². The minimum atomic E-state index is -0.0836. The maximum absolute atomic E-state index is 2.43. The van der Waals surface area contributed by atoms with Crippen molar-refractivity contribution in [2.24, 2.45) is 0 Å². The minimum absolute atomic E-state index is 0.0836. The van der Waals surface area contributed by atoms with Crippen LogP contribution in [0.5, 0.6) is 0 Å². The Balaban J connectivity index is 1.22. The van der Waals surface area contributed by atoms with Crippen LogP contribution in [-0.2, 0) is 5.41 Å². The largest absolute Gasteiger partial charge is 0.0622 e. The topological polar surface area (TPSA) is 0 Å². The van der Waals surface area contributed by atoms with Crippen molar-refractivity contribution in [3.63, 3.8) is 0 Å². The third-order valence-corrected chi connectivity index (χ3v) is 11.7. The summed E-state index contributed by atoms with van der Waals surface area (Å²) in [5.41, 5.74) is 17.7. The molecule has 55 heavy (non-hydrogen) atoms. The molecule has 9 aromatic carbocycles. The fourth-order valence-corrected chi connectivity index (χ4v) is 9.03. The van der Waals surface area contributed by atoms with Gasteiger partial charge in [-0.2, -0.15) is 0 Å². The Morgan fingerprint density at radius 1 is 0.364 bits per heavy atom. The Kier molecular flexibility index (Phi) is 7.93. The third-order valence-electron chi connectivity index (χ3n) is 11.7. The molecule has 0 unspecified atom stereocenters. The number of rotatable bonds is 6. The first kappa shape index (κ1) is 32.9. The Hall–Kier alpha value is -6.76. The molecule has 10 rings (SSSR count). The van der Waals surface area contributed by atoms with E-state index in [4.69, 9.17) is 0 Å². The van der Waals surface area contributed by atoms with Crippen LogP contribution in [0.2, 0.25) is 0 Å². The summed E-state index contributed by atoms with van der Waals surface area (Å²) in [6, 6.07) is 73.4. The number of hydrogen-bond donors (Lipinski definition) is 0. The summed E-state index contributed by atoms with van der Waals surface area (Å²) < 4.78 is 0. The Bertz CT molecular complexity index is 2850. The van der Waals surface area contributed by atoms with Crippen molar-refractivity contribution >= 4 is 33.2 Å². The molecule has 1 aliphatic rings. The summed E-state index contributed by atoms with van der Waals surface area (Å²) in [7, 11) is 0. The highest BCUT2D eigenvalue weighted by atomic mass is 14.4. The van der Waals surface area contributed by atoms with Crippen molar-refractivity contribution in [3.05, 3.63) is 228 Å². The molecule has 260 valence electrons. The van der Waals surface area contributed by atoms with Crippen LogP contribution in [0.3, 0.4) is 0 Å². The van der Waals surface area contributed by atoms with Crippen LogP contribution in [0, 0.1) is 0 Å². The summed E-state index contributed by atoms with van der Waals surface area (Å²) in [4.78, 5) is 0. The lowest BCUT2D eigenvalue weighted by atomic mass is 9.80. The predicted octanol–water partition coefficient (Wildman–Crippen LogP) is 14.9. The second-order valence-electron chi connectivity index (χ2n) is 15.2. The van der Waals surface area contributed by atoms with Crippen molar-refractivity contribution in [3.8, 4) is 44.5 Å². The van der Waals surface area contributed by atoms with Crippen LogP contribution >= 0.6 is 0 Å². The summed E-state index contributed by atoms with van der Waals surface area (Å²) >= 11 is 0. The van der Waals surface area contributed by atoms with Gasteiger partial charge in [0.05, 0.1) is 0 Å². The molecule has 0 aliphatic heterocycles. The lowest BCUT2D eigenvalue weighted by Crippen LogP contribution is -2.14. The van der Waals surface area contributed by atoms with Gasteiger partial charge in [-0.25, -0.2) is 0 Å². The normalized spacial score (nSPS) is 12.7. The van der Waals surface area contributed by atoms with E-state index in [2.05, 4.69) is 220 Å². The van der Waals surface area contributed by atoms with Gasteiger partial charge < -0.3 is 0 Å². The first-order valence-electron chi connectivity index (χ1n) is 19.3. The number of benzene rings is 9. The average Bonchev–Trinajstić information content (AvgIpc) is 3.49. The predicted molar refractivity (Wildman–Crippen MR) is 235 cm³/mol. The molecular formula is C55H40. The molecule has 0 bridgehead atoms. The zero-order valence-corrected chi connectivity index (χ0v) is 31.1. The quantitative estimate of drug-likeness (QED) is 0.120. The molecule has 0 saturated heterocycles. The molecular weight excluding hydrogens is 661 g/mol. The lowest BCUT2D eigenvalue weighted by molar-refractivity contribution is 0.660. The van der Waals surface area contributed by atoms with E-state index < -0.39 is 0 Å². The van der Waals surface area contributed by atoms with Crippen LogP contribution in [0.1, 0.15) is 41.7 Å². The summed E-state index contributed by atoms with van der Waals surface area (Å²) in [5.74, 6) is 0. The van der Waals surface area contributed by atoms with E-state index in [1.54, 1.807) is 0 Å². The van der Waals surface area contributed by atoms with Gasteiger partial charge in [-0.15, -0.1) is 0 Å². The van der Waals surface area contributed by atoms with E-state index in [-0.39, 0.29) is 5.41 Å². The monoisotopic (exact) mass is 700 g/mol. The summed E-state index contributed by atoms with van der Waals surface area (Å²) in [6.45, 7) is 4.74. The van der Waals surface area contributed by atoms with E-state index in [1.807, 2.05) is 0 Å². The van der Waals surface area contributed by atoms with E-state index in [0.29, 0.717) is 0 Å². The second kappa shape index (κ2) is 13.3. The molecule has 0 nitrogen and oxygen atoms in total. The standard InChI is InChI=1S/C55H40/c1-55(2)50-27-15-14-25-46(50)54-47(26-16-28-51(54)55)53-44-24-13-12-23-43(44)52(45-34-33-42(36-49(45)53)38-17-6-3-7-18-38)41-31-29-37(30-32-41)35-48(39-19-8-4-9-20-39)40-21-10-5-11-22-40/h3-36H,1-2H3. The van der Waals surface area contributed by atoms with E-state index >= 15 is 0 Å². The van der Waals surface area contributed by atoms with E-state index in [0.717, 1.165) is 0 Å². The molecule has 0 radical (unpaired) electrons. The maximum atomic E-state index is 2.43. The Morgan fingerprint density at radius 3 is 1.58 bits per heavy atom. The second-order valence-corrected chi connectivity index (χ2v) is 15.2. The molecule has 9 aromatic rings. The lowest BCUT2D eigenvalue weighted by Gasteiger charge is -2.23. The highest BCUT2D eigenvalue weighted by Crippen LogP contribution is 2.54. The van der Waals surface area contributed by atoms with Crippen LogP contribution in [-0.4, -0.2) is 0 Å². The van der Waals surface area contributed by atoms with Gasteiger partial charge in [0.1, 0.15) is 0 Å².